The van der Waals surface area contributed by atoms with Gasteiger partial charge in [-0.05, 0) is 17.7 Å². The number of ether oxygens (including phenoxy) is 2. The van der Waals surface area contributed by atoms with Crippen molar-refractivity contribution in [3.63, 3.8) is 0 Å². The third kappa shape index (κ3) is 3.40. The van der Waals surface area contributed by atoms with Crippen LogP contribution in [0.1, 0.15) is 11.7 Å². The smallest absolute Gasteiger partial charge is 0.165 e. The standard InChI is InChI=1S/C17H18FNO2/c18-14-8-4-5-9-15(14)21-17(13-6-2-1-3-7-13)16-12-19-10-11-20-16/h1-9,16-17,19H,10-12H2/t16-,17-/m0/s1/i18-1. The van der Waals surface area contributed by atoms with Crippen LogP contribution in [0.4, 0.5) is 4.39 Å². The molecule has 0 unspecified atom stereocenters. The van der Waals surface area contributed by atoms with Gasteiger partial charge < -0.3 is 14.8 Å². The summed E-state index contributed by atoms with van der Waals surface area (Å²) in [6, 6.07) is 16.3. The first-order valence-corrected chi connectivity index (χ1v) is 7.13. The molecule has 3 rings (SSSR count). The minimum Gasteiger partial charge on any atom is -0.480 e. The Kier molecular flexibility index (Phi) is 4.48. The normalized spacial score (nSPS) is 20.0. The zero-order valence-corrected chi connectivity index (χ0v) is 11.7. The Morgan fingerprint density at radius 2 is 1.86 bits per heavy atom. The molecule has 1 aliphatic rings. The van der Waals surface area contributed by atoms with Gasteiger partial charge in [0.05, 0.1) is 6.61 Å². The van der Waals surface area contributed by atoms with Crippen molar-refractivity contribution < 1.29 is 13.9 Å². The van der Waals surface area contributed by atoms with Gasteiger partial charge in [-0.3, -0.25) is 0 Å². The highest BCUT2D eigenvalue weighted by Gasteiger charge is 2.28. The molecule has 4 heteroatoms. The lowest BCUT2D eigenvalue weighted by Crippen LogP contribution is -2.43. The van der Waals surface area contributed by atoms with Gasteiger partial charge in [-0.15, -0.1) is 0 Å². The quantitative estimate of drug-likeness (QED) is 0.937. The Hall–Kier alpha value is -1.91. The van der Waals surface area contributed by atoms with Crippen molar-refractivity contribution in [1.82, 2.24) is 5.32 Å². The van der Waals surface area contributed by atoms with Crippen LogP contribution in [0, 0.1) is 5.82 Å². The van der Waals surface area contributed by atoms with Crippen molar-refractivity contribution in [2.75, 3.05) is 19.7 Å². The average molecular weight is 286 g/mol. The van der Waals surface area contributed by atoms with Crippen LogP contribution in [0.5, 0.6) is 5.75 Å². The lowest BCUT2D eigenvalue weighted by atomic mass is 10.0. The highest BCUT2D eigenvalue weighted by atomic mass is 18.2. The first-order valence-electron chi connectivity index (χ1n) is 7.13. The molecule has 0 aromatic heterocycles. The Balaban J connectivity index is 1.87. The molecule has 1 fully saturated rings. The van der Waals surface area contributed by atoms with Gasteiger partial charge in [-0.25, -0.2) is 4.39 Å². The topological polar surface area (TPSA) is 30.5 Å². The lowest BCUT2D eigenvalue weighted by molar-refractivity contribution is -0.0442. The molecule has 2 aromatic rings. The Morgan fingerprint density at radius 1 is 1.10 bits per heavy atom. The van der Waals surface area contributed by atoms with Crippen LogP contribution in [0.15, 0.2) is 54.6 Å². The maximum Gasteiger partial charge on any atom is 0.165 e. The fraction of sp³-hybridized carbons (Fsp3) is 0.294. The number of nitrogens with one attached hydrogen (secondary N) is 1. The second kappa shape index (κ2) is 6.70. The number of morpholine rings is 1. The van der Waals surface area contributed by atoms with E-state index in [2.05, 4.69) is 5.32 Å². The zero-order valence-electron chi connectivity index (χ0n) is 11.7. The molecule has 3 nitrogen and oxygen atoms in total. The predicted molar refractivity (Wildman–Crippen MR) is 78.8 cm³/mol. The second-order valence-corrected chi connectivity index (χ2v) is 4.99. The third-order valence-electron chi connectivity index (χ3n) is 3.51. The van der Waals surface area contributed by atoms with Gasteiger partial charge in [0.15, 0.2) is 17.7 Å². The molecular weight excluding hydrogens is 268 g/mol. The fourth-order valence-electron chi connectivity index (χ4n) is 2.46. The molecule has 21 heavy (non-hydrogen) atoms. The van der Waals surface area contributed by atoms with Crippen molar-refractivity contribution >= 4 is 0 Å². The average Bonchev–Trinajstić information content (AvgIpc) is 2.56. The monoisotopic (exact) mass is 286 g/mol. The molecule has 0 bridgehead atoms. The van der Waals surface area contributed by atoms with Crippen LogP contribution in [0.2, 0.25) is 0 Å². The van der Waals surface area contributed by atoms with E-state index in [0.29, 0.717) is 13.2 Å². The van der Waals surface area contributed by atoms with Crippen molar-refractivity contribution in [3.05, 3.63) is 66.0 Å². The highest BCUT2D eigenvalue weighted by molar-refractivity contribution is 5.27. The van der Waals surface area contributed by atoms with Crippen LogP contribution < -0.4 is 10.1 Å². The maximum atomic E-state index is 13.9. The molecule has 0 spiro atoms. The highest BCUT2D eigenvalue weighted by Crippen LogP contribution is 2.28. The maximum absolute atomic E-state index is 13.9. The van der Waals surface area contributed by atoms with E-state index in [1.165, 1.54) is 6.07 Å². The summed E-state index contributed by atoms with van der Waals surface area (Å²) in [5.74, 6) is -0.109. The van der Waals surface area contributed by atoms with Crippen LogP contribution in [0.25, 0.3) is 0 Å². The van der Waals surface area contributed by atoms with Crippen molar-refractivity contribution in [2.24, 2.45) is 0 Å². The molecule has 1 aliphatic heterocycles. The summed E-state index contributed by atoms with van der Waals surface area (Å²) in [4.78, 5) is 0. The largest absolute Gasteiger partial charge is 0.480 e. The lowest BCUT2D eigenvalue weighted by Gasteiger charge is -2.31. The Bertz CT molecular complexity index is 570. The van der Waals surface area contributed by atoms with E-state index in [1.807, 2.05) is 30.3 Å². The van der Waals surface area contributed by atoms with Gasteiger partial charge >= 0.3 is 0 Å². The summed E-state index contributed by atoms with van der Waals surface area (Å²) in [6.07, 6.45) is -0.475. The molecule has 1 saturated heterocycles. The first-order chi connectivity index (χ1) is 10.3. The van der Waals surface area contributed by atoms with E-state index in [4.69, 9.17) is 9.47 Å². The van der Waals surface area contributed by atoms with Crippen LogP contribution >= 0.6 is 0 Å². The summed E-state index contributed by atoms with van der Waals surface area (Å²) in [5, 5.41) is 3.29. The van der Waals surface area contributed by atoms with E-state index in [9.17, 15) is 4.39 Å². The van der Waals surface area contributed by atoms with Crippen molar-refractivity contribution in [3.8, 4) is 5.75 Å². The van der Waals surface area contributed by atoms with Crippen molar-refractivity contribution in [1.29, 1.82) is 0 Å². The molecular formula is C17H18FNO2. The van der Waals surface area contributed by atoms with Crippen LogP contribution in [-0.2, 0) is 4.74 Å². The number of hydrogen-bond donors (Lipinski definition) is 1. The Morgan fingerprint density at radius 3 is 2.57 bits per heavy atom. The van der Waals surface area contributed by atoms with Gasteiger partial charge in [0.1, 0.15) is 6.10 Å². The van der Waals surface area contributed by atoms with Crippen LogP contribution in [-0.4, -0.2) is 25.8 Å². The number of hydrogen-bond acceptors (Lipinski definition) is 3. The molecule has 0 radical (unpaired) electrons. The fourth-order valence-corrected chi connectivity index (χ4v) is 2.46. The molecule has 2 aromatic carbocycles. The molecule has 0 saturated carbocycles. The molecule has 1 N–H and O–H groups in total. The van der Waals surface area contributed by atoms with Gasteiger partial charge in [-0.1, -0.05) is 42.5 Å². The number of rotatable bonds is 4. The van der Waals surface area contributed by atoms with Crippen molar-refractivity contribution in [2.45, 2.75) is 12.2 Å². The summed E-state index contributed by atoms with van der Waals surface area (Å²) in [6.45, 7) is 2.15. The number of para-hydroxylation sites is 1. The SMILES string of the molecule is [18F]c1ccccc1O[C@@H](c1ccccc1)[C@@H]1CNCCO1. The number of halogens is 1. The Labute approximate surface area is 123 Å². The summed E-state index contributed by atoms with van der Waals surface area (Å²) in [5.41, 5.74) is 0.981. The van der Waals surface area contributed by atoms with Crippen LogP contribution in [0.3, 0.4) is 0 Å². The molecule has 2 atom stereocenters. The van der Waals surface area contributed by atoms with Gasteiger partial charge in [-0.2, -0.15) is 0 Å². The van der Waals surface area contributed by atoms with Gasteiger partial charge in [0.2, 0.25) is 0 Å². The molecule has 1 heterocycles. The van der Waals surface area contributed by atoms with E-state index in [0.717, 1.165) is 12.1 Å². The predicted octanol–water partition coefficient (Wildman–Crippen LogP) is 2.93. The number of benzene rings is 2. The summed E-state index contributed by atoms with van der Waals surface area (Å²) >= 11 is 0. The minimum absolute atomic E-state index is 0.138. The second-order valence-electron chi connectivity index (χ2n) is 4.99. The molecule has 110 valence electrons. The van der Waals surface area contributed by atoms with E-state index in [-0.39, 0.29) is 23.8 Å². The minimum atomic E-state index is -0.359. The molecule has 0 aliphatic carbocycles. The van der Waals surface area contributed by atoms with Gasteiger partial charge in [0.25, 0.3) is 0 Å². The first kappa shape index (κ1) is 14.0. The van der Waals surface area contributed by atoms with E-state index >= 15 is 0 Å². The summed E-state index contributed by atoms with van der Waals surface area (Å²) < 4.78 is 25.6. The third-order valence-corrected chi connectivity index (χ3v) is 3.51. The summed E-state index contributed by atoms with van der Waals surface area (Å²) in [7, 11) is 0. The van der Waals surface area contributed by atoms with Gasteiger partial charge in [0, 0.05) is 13.1 Å². The van der Waals surface area contributed by atoms with E-state index < -0.39 is 0 Å². The van der Waals surface area contributed by atoms with E-state index in [1.54, 1.807) is 18.2 Å². The zero-order chi connectivity index (χ0) is 14.5. The molecule has 0 amide bonds.